The van der Waals surface area contributed by atoms with Crippen molar-refractivity contribution in [2.45, 2.75) is 18.9 Å². The van der Waals surface area contributed by atoms with E-state index in [0.29, 0.717) is 59.1 Å². The van der Waals surface area contributed by atoms with E-state index >= 15 is 0 Å². The lowest BCUT2D eigenvalue weighted by molar-refractivity contribution is 0.115. The summed E-state index contributed by atoms with van der Waals surface area (Å²) in [6.07, 6.45) is 1.43. The molecule has 0 radical (unpaired) electrons. The lowest BCUT2D eigenvalue weighted by Crippen LogP contribution is -2.43. The number of hydrogen-bond acceptors (Lipinski definition) is 7. The molecular weight excluding hydrogens is 454 g/mol. The fourth-order valence-corrected chi connectivity index (χ4v) is 4.80. The number of halogens is 1. The molecule has 2 aromatic carbocycles. The van der Waals surface area contributed by atoms with Crippen LogP contribution in [0.3, 0.4) is 0 Å². The van der Waals surface area contributed by atoms with Crippen LogP contribution in [0.5, 0.6) is 22.4 Å². The molecular formula is C22H24ClN3O5S. The molecule has 3 aromatic rings. The number of anilines is 1. The second-order valence-corrected chi connectivity index (χ2v) is 8.62. The van der Waals surface area contributed by atoms with Crippen LogP contribution >= 0.6 is 22.9 Å². The van der Waals surface area contributed by atoms with Crippen molar-refractivity contribution in [1.29, 1.82) is 0 Å². The van der Waals surface area contributed by atoms with Gasteiger partial charge in [-0.05, 0) is 12.1 Å². The number of hydrogen-bond donors (Lipinski definition) is 1. The number of rotatable bonds is 6. The third-order valence-electron chi connectivity index (χ3n) is 5.26. The number of nitrogens with one attached hydrogen (secondary N) is 1. The number of carbonyl (C=O) groups is 1. The zero-order valence-electron chi connectivity index (χ0n) is 18.0. The molecule has 1 N–H and O–H groups in total. The molecule has 1 fully saturated rings. The number of likely N-dealkylation sites (tertiary alicyclic amines) is 1. The molecule has 4 rings (SSSR count). The summed E-state index contributed by atoms with van der Waals surface area (Å²) in [5.74, 6) is 1.43. The fraction of sp³-hybridized carbons (Fsp3) is 0.364. The summed E-state index contributed by atoms with van der Waals surface area (Å²) in [5.41, 5.74) is 1.32. The Morgan fingerprint density at radius 1 is 1.12 bits per heavy atom. The molecule has 1 saturated heterocycles. The number of aromatic nitrogens is 1. The highest BCUT2D eigenvalue weighted by molar-refractivity contribution is 7.20. The van der Waals surface area contributed by atoms with Gasteiger partial charge in [-0.15, -0.1) is 0 Å². The molecule has 0 aliphatic carbocycles. The summed E-state index contributed by atoms with van der Waals surface area (Å²) in [7, 11) is 4.61. The molecule has 0 bridgehead atoms. The first-order chi connectivity index (χ1) is 15.5. The monoisotopic (exact) mass is 477 g/mol. The van der Waals surface area contributed by atoms with Gasteiger partial charge in [0.15, 0.2) is 11.5 Å². The van der Waals surface area contributed by atoms with Gasteiger partial charge in [-0.1, -0.05) is 29.0 Å². The standard InChI is InChI=1S/C22H24ClN3O5S/c1-28-16-11-13(12-17(29-2)20(16)30-3)24-21(27)26-9-7-14(8-10-26)31-22-25-19-15(23)5-4-6-18(19)32-22/h4-6,11-12,14H,7-10H2,1-3H3,(H,24,27). The van der Waals surface area contributed by atoms with Crippen LogP contribution in [0.2, 0.25) is 5.02 Å². The first-order valence-electron chi connectivity index (χ1n) is 10.1. The first-order valence-corrected chi connectivity index (χ1v) is 11.3. The number of fused-ring (bicyclic) bond motifs is 1. The zero-order chi connectivity index (χ0) is 22.7. The number of nitrogens with zero attached hydrogens (tertiary/aromatic N) is 2. The largest absolute Gasteiger partial charge is 0.493 e. The predicted octanol–water partition coefficient (Wildman–Crippen LogP) is 5.05. The van der Waals surface area contributed by atoms with E-state index in [-0.39, 0.29) is 12.1 Å². The molecule has 1 aliphatic heterocycles. The Balaban J connectivity index is 1.35. The molecule has 0 atom stereocenters. The summed E-state index contributed by atoms with van der Waals surface area (Å²) >= 11 is 7.68. The summed E-state index contributed by atoms with van der Waals surface area (Å²) in [6, 6.07) is 8.91. The lowest BCUT2D eigenvalue weighted by atomic mass is 10.1. The summed E-state index contributed by atoms with van der Waals surface area (Å²) in [5, 5.41) is 4.13. The molecule has 0 unspecified atom stereocenters. The van der Waals surface area contributed by atoms with Gasteiger partial charge in [-0.25, -0.2) is 9.78 Å². The molecule has 0 spiro atoms. The minimum atomic E-state index is -0.190. The molecule has 2 heterocycles. The van der Waals surface area contributed by atoms with Crippen molar-refractivity contribution in [2.75, 3.05) is 39.7 Å². The number of amides is 2. The molecule has 32 heavy (non-hydrogen) atoms. The van der Waals surface area contributed by atoms with Gasteiger partial charge in [-0.3, -0.25) is 0 Å². The summed E-state index contributed by atoms with van der Waals surface area (Å²) < 4.78 is 23.1. The van der Waals surface area contributed by atoms with E-state index in [1.165, 1.54) is 32.7 Å². The number of urea groups is 1. The highest BCUT2D eigenvalue weighted by Gasteiger charge is 2.25. The smallest absolute Gasteiger partial charge is 0.321 e. The SMILES string of the molecule is COc1cc(NC(=O)N2CCC(Oc3nc4c(Cl)cccc4s3)CC2)cc(OC)c1OC. The van der Waals surface area contributed by atoms with Crippen LogP contribution in [0.15, 0.2) is 30.3 Å². The van der Waals surface area contributed by atoms with Crippen molar-refractivity contribution in [3.05, 3.63) is 35.4 Å². The average molecular weight is 478 g/mol. The van der Waals surface area contributed by atoms with Crippen LogP contribution in [0, 0.1) is 0 Å². The van der Waals surface area contributed by atoms with Crippen LogP contribution in [0.1, 0.15) is 12.8 Å². The maximum absolute atomic E-state index is 12.8. The van der Waals surface area contributed by atoms with Crippen LogP contribution in [-0.4, -0.2) is 56.4 Å². The van der Waals surface area contributed by atoms with Gasteiger partial charge < -0.3 is 29.2 Å². The van der Waals surface area contributed by atoms with Crippen molar-refractivity contribution in [3.8, 4) is 22.4 Å². The normalized spacial score (nSPS) is 14.3. The van der Waals surface area contributed by atoms with Gasteiger partial charge in [0.05, 0.1) is 36.7 Å². The number of methoxy groups -OCH3 is 3. The maximum atomic E-state index is 12.8. The maximum Gasteiger partial charge on any atom is 0.321 e. The Morgan fingerprint density at radius 3 is 2.41 bits per heavy atom. The van der Waals surface area contributed by atoms with Crippen LogP contribution < -0.4 is 24.3 Å². The molecule has 2 amide bonds. The van der Waals surface area contributed by atoms with Crippen LogP contribution in [0.4, 0.5) is 10.5 Å². The van der Waals surface area contributed by atoms with Gasteiger partial charge in [0, 0.05) is 38.1 Å². The van der Waals surface area contributed by atoms with Crippen LogP contribution in [-0.2, 0) is 0 Å². The van der Waals surface area contributed by atoms with Crippen molar-refractivity contribution >= 4 is 44.9 Å². The first kappa shape index (κ1) is 22.3. The Hall–Kier alpha value is -2.91. The minimum absolute atomic E-state index is 0.000405. The van der Waals surface area contributed by atoms with E-state index in [2.05, 4.69) is 10.3 Å². The van der Waals surface area contributed by atoms with E-state index in [4.69, 9.17) is 30.5 Å². The van der Waals surface area contributed by atoms with E-state index in [1.54, 1.807) is 17.0 Å². The Kier molecular flexibility index (Phi) is 6.76. The molecule has 1 aliphatic rings. The third-order valence-corrected chi connectivity index (χ3v) is 6.48. The quantitative estimate of drug-likeness (QED) is 0.535. The number of piperidine rings is 1. The van der Waals surface area contributed by atoms with E-state index in [0.717, 1.165) is 10.2 Å². The van der Waals surface area contributed by atoms with Gasteiger partial charge >= 0.3 is 6.03 Å². The van der Waals surface area contributed by atoms with E-state index in [9.17, 15) is 4.79 Å². The highest BCUT2D eigenvalue weighted by atomic mass is 35.5. The molecule has 0 saturated carbocycles. The Bertz CT molecular complexity index is 1090. The van der Waals surface area contributed by atoms with Gasteiger partial charge in [-0.2, -0.15) is 0 Å². The zero-order valence-corrected chi connectivity index (χ0v) is 19.6. The molecule has 10 heteroatoms. The number of para-hydroxylation sites is 1. The van der Waals surface area contributed by atoms with Gasteiger partial charge in [0.2, 0.25) is 5.75 Å². The average Bonchev–Trinajstić information content (AvgIpc) is 3.22. The van der Waals surface area contributed by atoms with E-state index < -0.39 is 0 Å². The molecule has 8 nitrogen and oxygen atoms in total. The minimum Gasteiger partial charge on any atom is -0.493 e. The number of ether oxygens (including phenoxy) is 4. The number of thiazole rings is 1. The Morgan fingerprint density at radius 2 is 1.81 bits per heavy atom. The Labute approximate surface area is 195 Å². The second-order valence-electron chi connectivity index (χ2n) is 7.21. The van der Waals surface area contributed by atoms with E-state index in [1.807, 2.05) is 18.2 Å². The topological polar surface area (TPSA) is 82.2 Å². The predicted molar refractivity (Wildman–Crippen MR) is 125 cm³/mol. The third kappa shape index (κ3) is 4.63. The fourth-order valence-electron chi connectivity index (χ4n) is 3.62. The van der Waals surface area contributed by atoms with Crippen molar-refractivity contribution < 1.29 is 23.7 Å². The summed E-state index contributed by atoms with van der Waals surface area (Å²) in [6.45, 7) is 1.15. The lowest BCUT2D eigenvalue weighted by Gasteiger charge is -2.31. The van der Waals surface area contributed by atoms with Crippen molar-refractivity contribution in [1.82, 2.24) is 9.88 Å². The highest BCUT2D eigenvalue weighted by Crippen LogP contribution is 2.40. The number of benzene rings is 2. The van der Waals surface area contributed by atoms with Gasteiger partial charge in [0.25, 0.3) is 5.19 Å². The molecule has 1 aromatic heterocycles. The van der Waals surface area contributed by atoms with Crippen LogP contribution in [0.25, 0.3) is 10.2 Å². The second kappa shape index (κ2) is 9.70. The summed E-state index contributed by atoms with van der Waals surface area (Å²) in [4.78, 5) is 19.0. The molecule has 170 valence electrons. The van der Waals surface area contributed by atoms with Crippen molar-refractivity contribution in [2.24, 2.45) is 0 Å². The van der Waals surface area contributed by atoms with Gasteiger partial charge in [0.1, 0.15) is 11.6 Å². The van der Waals surface area contributed by atoms with Crippen molar-refractivity contribution in [3.63, 3.8) is 0 Å². The number of carbonyl (C=O) groups excluding carboxylic acids is 1.